The molecule has 8 heteroatoms. The van der Waals surface area contributed by atoms with Crippen LogP contribution in [-0.2, 0) is 22.7 Å². The molecule has 0 aliphatic heterocycles. The number of halogens is 1. The van der Waals surface area contributed by atoms with Crippen molar-refractivity contribution >= 4 is 29.3 Å². The summed E-state index contributed by atoms with van der Waals surface area (Å²) in [6.45, 7) is 0.994. The van der Waals surface area contributed by atoms with E-state index in [4.69, 9.17) is 20.8 Å². The number of carbonyl (C=O) groups is 1. The van der Waals surface area contributed by atoms with Gasteiger partial charge < -0.3 is 14.5 Å². The largest absolute Gasteiger partial charge is 0.411 e. The zero-order valence-electron chi connectivity index (χ0n) is 14.6. The highest BCUT2D eigenvalue weighted by Gasteiger charge is 2.13. The van der Waals surface area contributed by atoms with E-state index in [2.05, 4.69) is 15.5 Å². The molecule has 3 aromatic rings. The Morgan fingerprint density at radius 3 is 2.81 bits per heavy atom. The van der Waals surface area contributed by atoms with Crippen LogP contribution in [0.5, 0.6) is 0 Å². The molecule has 0 unspecified atom stereocenters. The van der Waals surface area contributed by atoms with Gasteiger partial charge in [-0.2, -0.15) is 0 Å². The first kappa shape index (κ1) is 19.4. The zero-order chi connectivity index (χ0) is 19.1. The fourth-order valence-corrected chi connectivity index (χ4v) is 3.20. The number of nitrogens with one attached hydrogen (secondary N) is 1. The van der Waals surface area contributed by atoms with Crippen LogP contribution in [0.2, 0.25) is 5.02 Å². The van der Waals surface area contributed by atoms with Gasteiger partial charge in [0.1, 0.15) is 0 Å². The van der Waals surface area contributed by atoms with Crippen LogP contribution in [0.1, 0.15) is 11.1 Å². The predicted molar refractivity (Wildman–Crippen MR) is 104 cm³/mol. The third-order valence-electron chi connectivity index (χ3n) is 3.63. The fraction of sp³-hybridized carbons (Fsp3) is 0.211. The Kier molecular flexibility index (Phi) is 6.86. The molecule has 140 valence electrons. The van der Waals surface area contributed by atoms with Crippen LogP contribution in [0.25, 0.3) is 11.5 Å². The average Bonchev–Trinajstić information content (AvgIpc) is 3.14. The Morgan fingerprint density at radius 2 is 2.00 bits per heavy atom. The number of aromatic nitrogens is 2. The molecule has 0 spiro atoms. The molecule has 3 rings (SSSR count). The zero-order valence-corrected chi connectivity index (χ0v) is 16.2. The van der Waals surface area contributed by atoms with Crippen LogP contribution < -0.4 is 5.32 Å². The summed E-state index contributed by atoms with van der Waals surface area (Å²) in [5, 5.41) is 11.7. The molecule has 1 aromatic heterocycles. The Morgan fingerprint density at radius 1 is 1.19 bits per heavy atom. The van der Waals surface area contributed by atoms with E-state index in [0.29, 0.717) is 34.9 Å². The van der Waals surface area contributed by atoms with Crippen molar-refractivity contribution in [2.24, 2.45) is 0 Å². The topological polar surface area (TPSA) is 77.2 Å². The lowest BCUT2D eigenvalue weighted by Gasteiger charge is -2.06. The van der Waals surface area contributed by atoms with E-state index < -0.39 is 0 Å². The third-order valence-corrected chi connectivity index (χ3v) is 4.78. The first-order valence-corrected chi connectivity index (χ1v) is 9.56. The van der Waals surface area contributed by atoms with E-state index in [0.717, 1.165) is 11.1 Å². The quantitative estimate of drug-likeness (QED) is 0.574. The van der Waals surface area contributed by atoms with E-state index >= 15 is 0 Å². The second-order valence-electron chi connectivity index (χ2n) is 5.67. The molecule has 27 heavy (non-hydrogen) atoms. The van der Waals surface area contributed by atoms with Gasteiger partial charge in [0.15, 0.2) is 0 Å². The maximum absolute atomic E-state index is 12.1. The Bertz CT molecular complexity index is 916. The first-order valence-electron chi connectivity index (χ1n) is 8.20. The van der Waals surface area contributed by atoms with Gasteiger partial charge >= 0.3 is 0 Å². The van der Waals surface area contributed by atoms with E-state index in [1.54, 1.807) is 19.2 Å². The Labute approximate surface area is 166 Å². The number of methoxy groups -OCH3 is 1. The summed E-state index contributed by atoms with van der Waals surface area (Å²) >= 11 is 7.30. The number of nitrogens with zero attached hydrogens (tertiary/aromatic N) is 2. The molecule has 0 atom stereocenters. The van der Waals surface area contributed by atoms with Crippen molar-refractivity contribution in [3.8, 4) is 11.5 Å². The number of benzene rings is 2. The summed E-state index contributed by atoms with van der Waals surface area (Å²) in [6.07, 6.45) is 0. The average molecular weight is 404 g/mol. The van der Waals surface area contributed by atoms with Gasteiger partial charge in [0.2, 0.25) is 11.8 Å². The molecule has 0 saturated carbocycles. The predicted octanol–water partition coefficient (Wildman–Crippen LogP) is 3.94. The number of carbonyl (C=O) groups excluding carboxylic acids is 1. The van der Waals surface area contributed by atoms with Crippen molar-refractivity contribution < 1.29 is 13.9 Å². The molecule has 0 aliphatic carbocycles. The summed E-state index contributed by atoms with van der Waals surface area (Å²) in [5.41, 5.74) is 2.75. The van der Waals surface area contributed by atoms with Crippen LogP contribution in [0.15, 0.2) is 58.2 Å². The number of ether oxygens (including phenoxy) is 1. The van der Waals surface area contributed by atoms with Gasteiger partial charge in [-0.25, -0.2) is 0 Å². The summed E-state index contributed by atoms with van der Waals surface area (Å²) in [7, 11) is 1.65. The van der Waals surface area contributed by atoms with Gasteiger partial charge in [-0.05, 0) is 23.3 Å². The van der Waals surface area contributed by atoms with Crippen LogP contribution in [0.4, 0.5) is 0 Å². The monoisotopic (exact) mass is 403 g/mol. The summed E-state index contributed by atoms with van der Waals surface area (Å²) in [4.78, 5) is 12.1. The molecule has 1 heterocycles. The van der Waals surface area contributed by atoms with Crippen molar-refractivity contribution in [2.45, 2.75) is 18.4 Å². The molecule has 0 aliphatic rings. The molecule has 0 bridgehead atoms. The number of hydrogen-bond acceptors (Lipinski definition) is 6. The van der Waals surface area contributed by atoms with Gasteiger partial charge in [0.25, 0.3) is 5.22 Å². The lowest BCUT2D eigenvalue weighted by Crippen LogP contribution is -2.24. The standard InChI is InChI=1S/C19H18ClN3O3S/c1-25-11-14-6-4-5-13(9-14)10-21-17(24)12-27-19-23-22-18(26-19)15-7-2-3-8-16(15)20/h2-9H,10-12H2,1H3,(H,21,24). The van der Waals surface area contributed by atoms with Crippen LogP contribution in [0.3, 0.4) is 0 Å². The summed E-state index contributed by atoms with van der Waals surface area (Å²) in [5.74, 6) is 0.398. The minimum Gasteiger partial charge on any atom is -0.411 e. The molecule has 6 nitrogen and oxygen atoms in total. The second-order valence-corrected chi connectivity index (χ2v) is 7.01. The molecule has 1 amide bonds. The fourth-order valence-electron chi connectivity index (χ4n) is 2.39. The van der Waals surface area contributed by atoms with Crippen molar-refractivity contribution in [3.05, 3.63) is 64.7 Å². The van der Waals surface area contributed by atoms with Gasteiger partial charge in [0.05, 0.1) is 22.9 Å². The van der Waals surface area contributed by atoms with E-state index in [9.17, 15) is 4.79 Å². The van der Waals surface area contributed by atoms with Crippen LogP contribution in [0, 0.1) is 0 Å². The van der Waals surface area contributed by atoms with E-state index in [-0.39, 0.29) is 11.7 Å². The smallest absolute Gasteiger partial charge is 0.277 e. The maximum Gasteiger partial charge on any atom is 0.277 e. The molecule has 0 saturated heterocycles. The summed E-state index contributed by atoms with van der Waals surface area (Å²) in [6, 6.07) is 15.1. The summed E-state index contributed by atoms with van der Waals surface area (Å²) < 4.78 is 10.7. The third kappa shape index (κ3) is 5.56. The lowest BCUT2D eigenvalue weighted by atomic mass is 10.1. The minimum absolute atomic E-state index is 0.116. The van der Waals surface area contributed by atoms with Crippen LogP contribution in [-0.4, -0.2) is 29.0 Å². The molecule has 2 aromatic carbocycles. The van der Waals surface area contributed by atoms with E-state index in [1.165, 1.54) is 11.8 Å². The Balaban J connectivity index is 1.50. The van der Waals surface area contributed by atoms with Gasteiger partial charge in [-0.3, -0.25) is 4.79 Å². The SMILES string of the molecule is COCc1cccc(CNC(=O)CSc2nnc(-c3ccccc3Cl)o2)c1. The normalized spacial score (nSPS) is 10.7. The minimum atomic E-state index is -0.116. The Hall–Kier alpha value is -2.35. The van der Waals surface area contributed by atoms with E-state index in [1.807, 2.05) is 36.4 Å². The van der Waals surface area contributed by atoms with Crippen molar-refractivity contribution in [3.63, 3.8) is 0 Å². The van der Waals surface area contributed by atoms with Gasteiger partial charge in [0, 0.05) is 13.7 Å². The number of hydrogen-bond donors (Lipinski definition) is 1. The highest BCUT2D eigenvalue weighted by atomic mass is 35.5. The molecular formula is C19H18ClN3O3S. The van der Waals surface area contributed by atoms with Crippen molar-refractivity contribution in [1.82, 2.24) is 15.5 Å². The van der Waals surface area contributed by atoms with Crippen molar-refractivity contribution in [1.29, 1.82) is 0 Å². The second kappa shape index (κ2) is 9.55. The van der Waals surface area contributed by atoms with Gasteiger partial charge in [-0.15, -0.1) is 10.2 Å². The number of rotatable bonds is 8. The highest BCUT2D eigenvalue weighted by molar-refractivity contribution is 7.99. The molecule has 0 fully saturated rings. The molecular weight excluding hydrogens is 386 g/mol. The first-order chi connectivity index (χ1) is 13.2. The lowest BCUT2D eigenvalue weighted by molar-refractivity contribution is -0.118. The highest BCUT2D eigenvalue weighted by Crippen LogP contribution is 2.28. The number of thioether (sulfide) groups is 1. The maximum atomic E-state index is 12.1. The molecule has 1 N–H and O–H groups in total. The van der Waals surface area contributed by atoms with Crippen LogP contribution >= 0.6 is 23.4 Å². The number of amides is 1. The van der Waals surface area contributed by atoms with Crippen molar-refractivity contribution in [2.75, 3.05) is 12.9 Å². The molecule has 0 radical (unpaired) electrons. The van der Waals surface area contributed by atoms with Gasteiger partial charge in [-0.1, -0.05) is 59.8 Å².